The highest BCUT2D eigenvalue weighted by Gasteiger charge is 2.56. The molecule has 0 bridgehead atoms. The van der Waals surface area contributed by atoms with Gasteiger partial charge in [0.05, 0.1) is 18.1 Å². The molecule has 2 aliphatic heterocycles. The van der Waals surface area contributed by atoms with Gasteiger partial charge in [0.1, 0.15) is 5.70 Å². The number of aliphatic hydroxyl groups excluding tert-OH is 1. The summed E-state index contributed by atoms with van der Waals surface area (Å²) in [5, 5.41) is 19.1. The summed E-state index contributed by atoms with van der Waals surface area (Å²) in [6.07, 6.45) is -0.310. The Balaban J connectivity index is 2.04. The second-order valence-corrected chi connectivity index (χ2v) is 6.30. The Morgan fingerprint density at radius 2 is 2.19 bits per heavy atom. The first kappa shape index (κ1) is 14.3. The Morgan fingerprint density at radius 1 is 1.48 bits per heavy atom. The number of hydrogen-bond donors (Lipinski definition) is 2. The van der Waals surface area contributed by atoms with Crippen LogP contribution in [0.4, 0.5) is 0 Å². The molecule has 0 spiro atoms. The Labute approximate surface area is 130 Å². The van der Waals surface area contributed by atoms with Crippen LogP contribution >= 0.6 is 15.9 Å². The van der Waals surface area contributed by atoms with Crippen LogP contribution in [0.15, 0.2) is 34.4 Å². The van der Waals surface area contributed by atoms with Crippen molar-refractivity contribution in [3.8, 4) is 0 Å². The molecule has 2 heterocycles. The molecule has 2 aliphatic rings. The van der Waals surface area contributed by atoms with Gasteiger partial charge in [-0.1, -0.05) is 28.1 Å². The minimum absolute atomic E-state index is 0.0417. The van der Waals surface area contributed by atoms with Crippen molar-refractivity contribution in [2.75, 3.05) is 0 Å². The monoisotopic (exact) mass is 351 g/mol. The van der Waals surface area contributed by atoms with Gasteiger partial charge in [-0.25, -0.2) is 4.79 Å². The van der Waals surface area contributed by atoms with Crippen LogP contribution in [0.25, 0.3) is 5.57 Å². The maximum absolute atomic E-state index is 12.1. The molecule has 3 rings (SSSR count). The second kappa shape index (κ2) is 4.96. The number of amides is 1. The van der Waals surface area contributed by atoms with Crippen molar-refractivity contribution in [2.24, 2.45) is 5.92 Å². The highest BCUT2D eigenvalue weighted by atomic mass is 79.9. The SMILES string of the molecule is C[C@@H](O)[C@H]1C(=O)N2C(C(=O)O)=C(c3cccc(Br)c3)C[C@H]12. The third-order valence-corrected chi connectivity index (χ3v) is 4.60. The van der Waals surface area contributed by atoms with Gasteiger partial charge in [0.2, 0.25) is 5.91 Å². The van der Waals surface area contributed by atoms with E-state index >= 15 is 0 Å². The number of carboxylic acid groups (broad SMARTS) is 1. The number of nitrogens with zero attached hydrogens (tertiary/aromatic N) is 1. The van der Waals surface area contributed by atoms with Crippen molar-refractivity contribution in [3.63, 3.8) is 0 Å². The number of aliphatic hydroxyl groups is 1. The van der Waals surface area contributed by atoms with Gasteiger partial charge in [-0.3, -0.25) is 4.79 Å². The Morgan fingerprint density at radius 3 is 2.76 bits per heavy atom. The summed E-state index contributed by atoms with van der Waals surface area (Å²) >= 11 is 3.37. The van der Waals surface area contributed by atoms with E-state index < -0.39 is 18.0 Å². The zero-order chi connectivity index (χ0) is 15.3. The molecule has 0 aromatic heterocycles. The van der Waals surface area contributed by atoms with E-state index in [1.807, 2.05) is 24.3 Å². The lowest BCUT2D eigenvalue weighted by Crippen LogP contribution is -2.61. The van der Waals surface area contributed by atoms with E-state index in [1.165, 1.54) is 4.90 Å². The summed E-state index contributed by atoms with van der Waals surface area (Å²) in [4.78, 5) is 25.0. The summed E-state index contributed by atoms with van der Waals surface area (Å²) in [6, 6.07) is 7.11. The van der Waals surface area contributed by atoms with Crippen LogP contribution in [-0.4, -0.2) is 39.1 Å². The molecule has 0 unspecified atom stereocenters. The Kier molecular flexibility index (Phi) is 3.37. The van der Waals surface area contributed by atoms with Gasteiger partial charge in [-0.2, -0.15) is 0 Å². The molecule has 0 aliphatic carbocycles. The number of benzene rings is 1. The number of rotatable bonds is 3. The maximum atomic E-state index is 12.1. The molecule has 21 heavy (non-hydrogen) atoms. The van der Waals surface area contributed by atoms with Crippen molar-refractivity contribution in [2.45, 2.75) is 25.5 Å². The summed E-state index contributed by atoms with van der Waals surface area (Å²) in [7, 11) is 0. The van der Waals surface area contributed by atoms with Gasteiger partial charge in [0, 0.05) is 4.47 Å². The van der Waals surface area contributed by atoms with Gasteiger partial charge in [-0.15, -0.1) is 0 Å². The van der Waals surface area contributed by atoms with Gasteiger partial charge >= 0.3 is 5.97 Å². The van der Waals surface area contributed by atoms with Crippen molar-refractivity contribution in [3.05, 3.63) is 40.0 Å². The summed E-state index contributed by atoms with van der Waals surface area (Å²) in [6.45, 7) is 1.57. The molecular formula is C15H14BrNO4. The predicted molar refractivity (Wildman–Crippen MR) is 79.1 cm³/mol. The number of aliphatic carboxylic acids is 1. The van der Waals surface area contributed by atoms with Gasteiger partial charge in [0.15, 0.2) is 0 Å². The number of carbonyl (C=O) groups excluding carboxylic acids is 1. The van der Waals surface area contributed by atoms with E-state index in [4.69, 9.17) is 0 Å². The number of halogens is 1. The number of carbonyl (C=O) groups is 2. The molecule has 1 fully saturated rings. The van der Waals surface area contributed by atoms with Crippen LogP contribution < -0.4 is 0 Å². The van der Waals surface area contributed by atoms with Gasteiger partial charge < -0.3 is 15.1 Å². The summed E-state index contributed by atoms with van der Waals surface area (Å²) < 4.78 is 0.852. The molecule has 0 saturated carbocycles. The molecule has 110 valence electrons. The van der Waals surface area contributed by atoms with Crippen molar-refractivity contribution in [1.29, 1.82) is 0 Å². The van der Waals surface area contributed by atoms with Crippen LogP contribution in [0, 0.1) is 5.92 Å². The van der Waals surface area contributed by atoms with Gasteiger partial charge in [-0.05, 0) is 36.6 Å². The lowest BCUT2D eigenvalue weighted by Gasteiger charge is -2.44. The highest BCUT2D eigenvalue weighted by Crippen LogP contribution is 2.47. The van der Waals surface area contributed by atoms with Gasteiger partial charge in [0.25, 0.3) is 0 Å². The van der Waals surface area contributed by atoms with E-state index in [0.717, 1.165) is 10.0 Å². The molecule has 6 heteroatoms. The van der Waals surface area contributed by atoms with Crippen molar-refractivity contribution >= 4 is 33.4 Å². The van der Waals surface area contributed by atoms with E-state index in [1.54, 1.807) is 6.92 Å². The smallest absolute Gasteiger partial charge is 0.352 e. The third kappa shape index (κ3) is 2.10. The molecule has 3 atom stereocenters. The molecule has 1 amide bonds. The number of carboxylic acids is 1. The van der Waals surface area contributed by atoms with E-state index in [2.05, 4.69) is 15.9 Å². The van der Waals surface area contributed by atoms with Crippen LogP contribution in [0.1, 0.15) is 18.9 Å². The fraction of sp³-hybridized carbons (Fsp3) is 0.333. The average molecular weight is 352 g/mol. The van der Waals surface area contributed by atoms with Crippen LogP contribution in [0.3, 0.4) is 0 Å². The van der Waals surface area contributed by atoms with Crippen molar-refractivity contribution < 1.29 is 19.8 Å². The van der Waals surface area contributed by atoms with Crippen LogP contribution in [0.5, 0.6) is 0 Å². The molecule has 5 nitrogen and oxygen atoms in total. The van der Waals surface area contributed by atoms with Crippen LogP contribution in [0.2, 0.25) is 0 Å². The number of fused-ring (bicyclic) bond motifs is 1. The topological polar surface area (TPSA) is 77.8 Å². The Hall–Kier alpha value is -1.66. The van der Waals surface area contributed by atoms with E-state index in [-0.39, 0.29) is 17.6 Å². The lowest BCUT2D eigenvalue weighted by molar-refractivity contribution is -0.161. The molecule has 1 aromatic carbocycles. The fourth-order valence-electron chi connectivity index (χ4n) is 3.20. The average Bonchev–Trinajstić information content (AvgIpc) is 2.73. The predicted octanol–water partition coefficient (Wildman–Crippen LogP) is 1.86. The number of hydrogen-bond acceptors (Lipinski definition) is 3. The second-order valence-electron chi connectivity index (χ2n) is 5.39. The normalized spacial score (nSPS) is 25.7. The number of β-lactam (4-membered cyclic amide) rings is 1. The molecule has 2 N–H and O–H groups in total. The zero-order valence-corrected chi connectivity index (χ0v) is 12.9. The first-order valence-corrected chi connectivity index (χ1v) is 7.44. The van der Waals surface area contributed by atoms with Crippen LogP contribution in [-0.2, 0) is 9.59 Å². The first-order chi connectivity index (χ1) is 9.91. The molecular weight excluding hydrogens is 338 g/mol. The third-order valence-electron chi connectivity index (χ3n) is 4.10. The quantitative estimate of drug-likeness (QED) is 0.814. The van der Waals surface area contributed by atoms with E-state index in [0.29, 0.717) is 12.0 Å². The molecule has 1 aromatic rings. The van der Waals surface area contributed by atoms with E-state index in [9.17, 15) is 19.8 Å². The maximum Gasteiger partial charge on any atom is 0.352 e. The standard InChI is InChI=1S/C15H14BrNO4/c1-7(18)12-11-6-10(8-3-2-4-9(16)5-8)13(15(20)21)17(11)14(12)19/h2-5,7,11-12,18H,6H2,1H3,(H,20,21)/t7-,11-,12-/m1/s1. The largest absolute Gasteiger partial charge is 0.477 e. The summed E-state index contributed by atoms with van der Waals surface area (Å²) in [5.41, 5.74) is 1.47. The first-order valence-electron chi connectivity index (χ1n) is 6.65. The summed E-state index contributed by atoms with van der Waals surface area (Å²) in [5.74, 6) is -1.92. The fourth-order valence-corrected chi connectivity index (χ4v) is 3.60. The molecule has 1 saturated heterocycles. The minimum atomic E-state index is -1.11. The Bertz CT molecular complexity index is 667. The lowest BCUT2D eigenvalue weighted by atomic mass is 9.82. The highest BCUT2D eigenvalue weighted by molar-refractivity contribution is 9.10. The molecule has 0 radical (unpaired) electrons. The zero-order valence-electron chi connectivity index (χ0n) is 11.3. The minimum Gasteiger partial charge on any atom is -0.477 e. The van der Waals surface area contributed by atoms with Crippen molar-refractivity contribution in [1.82, 2.24) is 4.90 Å².